The van der Waals surface area contributed by atoms with Gasteiger partial charge in [-0.1, -0.05) is 60.8 Å². The van der Waals surface area contributed by atoms with Crippen molar-refractivity contribution in [3.05, 3.63) is 90.5 Å². The second kappa shape index (κ2) is 9.62. The summed E-state index contributed by atoms with van der Waals surface area (Å²) in [6.07, 6.45) is 7.82. The lowest BCUT2D eigenvalue weighted by Gasteiger charge is -2.53. The molecule has 6 nitrogen and oxygen atoms in total. The number of nitrogens with zero attached hydrogens (tertiary/aromatic N) is 3. The number of rotatable bonds is 8. The fraction of sp³-hybridized carbons (Fsp3) is 0.345. The van der Waals surface area contributed by atoms with E-state index in [4.69, 9.17) is 19.5 Å². The van der Waals surface area contributed by atoms with Crippen LogP contribution in [-0.4, -0.2) is 55.2 Å². The van der Waals surface area contributed by atoms with Crippen LogP contribution >= 0.6 is 0 Å². The first-order valence-corrected chi connectivity index (χ1v) is 12.1. The molecular weight excluding hydrogens is 438 g/mol. The number of benzene rings is 2. The molecule has 1 spiro atoms. The molecule has 2 bridgehead atoms. The Hall–Kier alpha value is -3.51. The molecule has 4 aliphatic heterocycles. The highest BCUT2D eigenvalue weighted by molar-refractivity contribution is 6.00. The first-order chi connectivity index (χ1) is 17.1. The van der Waals surface area contributed by atoms with Crippen molar-refractivity contribution < 1.29 is 14.3 Å². The number of hydrogen-bond acceptors (Lipinski definition) is 6. The number of hydrogen-bond donors (Lipinski definition) is 0. The van der Waals surface area contributed by atoms with Crippen molar-refractivity contribution in [3.63, 3.8) is 0 Å². The molecule has 1 atom stereocenters. The van der Waals surface area contributed by atoms with Crippen LogP contribution in [-0.2, 0) is 11.4 Å². The topological polar surface area (TPSA) is 46.5 Å². The van der Waals surface area contributed by atoms with Crippen LogP contribution < -0.4 is 9.47 Å². The van der Waals surface area contributed by atoms with Gasteiger partial charge in [0.2, 0.25) is 5.72 Å². The van der Waals surface area contributed by atoms with Gasteiger partial charge >= 0.3 is 0 Å². The van der Waals surface area contributed by atoms with E-state index < -0.39 is 5.72 Å². The molecule has 6 heteroatoms. The van der Waals surface area contributed by atoms with Crippen molar-refractivity contribution >= 4 is 11.4 Å². The maximum atomic E-state index is 6.39. The van der Waals surface area contributed by atoms with Gasteiger partial charge in [0.05, 0.1) is 27.3 Å². The lowest BCUT2D eigenvalue weighted by atomic mass is 9.79. The Morgan fingerprint density at radius 2 is 1.89 bits per heavy atom. The van der Waals surface area contributed by atoms with Crippen LogP contribution in [0.2, 0.25) is 0 Å². The Kier molecular flexibility index (Phi) is 6.39. The SMILES string of the molecule is C=C/C=C(\C=C)c1ccc(C2=NOC3(CN4CCC3CC4)N2Cc2ccc(OC)cc2OC)cc1. The highest BCUT2D eigenvalue weighted by atomic mass is 16.7. The first kappa shape index (κ1) is 23.2. The average Bonchev–Trinajstić information content (AvgIpc) is 3.25. The lowest BCUT2D eigenvalue weighted by Crippen LogP contribution is -2.66. The third-order valence-electron chi connectivity index (χ3n) is 7.49. The number of oxime groups is 1. The maximum Gasteiger partial charge on any atom is 0.227 e. The second-order valence-electron chi connectivity index (χ2n) is 9.30. The zero-order chi connectivity index (χ0) is 24.4. The van der Waals surface area contributed by atoms with Gasteiger partial charge in [0.1, 0.15) is 11.5 Å². The lowest BCUT2D eigenvalue weighted by molar-refractivity contribution is -0.198. The predicted octanol–water partition coefficient (Wildman–Crippen LogP) is 5.08. The van der Waals surface area contributed by atoms with Gasteiger partial charge in [-0.25, -0.2) is 0 Å². The fourth-order valence-corrected chi connectivity index (χ4v) is 5.59. The molecule has 3 saturated heterocycles. The molecule has 3 fully saturated rings. The normalized spacial score (nSPS) is 25.3. The minimum Gasteiger partial charge on any atom is -0.497 e. The molecule has 6 rings (SSSR count). The summed E-state index contributed by atoms with van der Waals surface area (Å²) in [5.74, 6) is 2.86. The van der Waals surface area contributed by atoms with Crippen LogP contribution in [0.3, 0.4) is 0 Å². The number of methoxy groups -OCH3 is 2. The first-order valence-electron chi connectivity index (χ1n) is 12.1. The van der Waals surface area contributed by atoms with E-state index in [9.17, 15) is 0 Å². The van der Waals surface area contributed by atoms with Gasteiger partial charge in [0, 0.05) is 23.1 Å². The van der Waals surface area contributed by atoms with E-state index in [0.29, 0.717) is 12.5 Å². The molecule has 182 valence electrons. The number of piperidine rings is 3. The van der Waals surface area contributed by atoms with Crippen molar-refractivity contribution in [2.45, 2.75) is 25.1 Å². The van der Waals surface area contributed by atoms with Crippen molar-refractivity contribution in [2.75, 3.05) is 33.9 Å². The average molecular weight is 472 g/mol. The van der Waals surface area contributed by atoms with Gasteiger partial charge < -0.3 is 19.2 Å². The van der Waals surface area contributed by atoms with E-state index in [-0.39, 0.29) is 0 Å². The summed E-state index contributed by atoms with van der Waals surface area (Å²) in [4.78, 5) is 11.2. The van der Waals surface area contributed by atoms with E-state index in [1.165, 1.54) is 0 Å². The summed E-state index contributed by atoms with van der Waals surface area (Å²) in [6, 6.07) is 14.4. The smallest absolute Gasteiger partial charge is 0.227 e. The molecule has 0 N–H and O–H groups in total. The summed E-state index contributed by atoms with van der Waals surface area (Å²) in [7, 11) is 3.37. The summed E-state index contributed by atoms with van der Waals surface area (Å²) in [6.45, 7) is 11.5. The Labute approximate surface area is 207 Å². The monoisotopic (exact) mass is 471 g/mol. The van der Waals surface area contributed by atoms with Crippen molar-refractivity contribution in [3.8, 4) is 11.5 Å². The molecule has 2 aromatic rings. The van der Waals surface area contributed by atoms with E-state index in [2.05, 4.69) is 53.3 Å². The van der Waals surface area contributed by atoms with E-state index in [0.717, 1.165) is 72.1 Å². The molecule has 2 aromatic carbocycles. The minimum atomic E-state index is -0.468. The highest BCUT2D eigenvalue weighted by Crippen LogP contribution is 2.45. The molecule has 0 saturated carbocycles. The standard InChI is InChI=1S/C29H33N3O3/c1-5-7-21(6-2)22-8-10-23(11-9-22)28-30-35-29(20-31-16-14-25(29)15-17-31)32(28)19-24-12-13-26(33-3)18-27(24)34-4/h5-13,18,25H,1-2,14-17,19-20H2,3-4H3/b21-7+. The Morgan fingerprint density at radius 1 is 1.11 bits per heavy atom. The summed E-state index contributed by atoms with van der Waals surface area (Å²) >= 11 is 0. The number of fused-ring (bicyclic) bond motifs is 2. The summed E-state index contributed by atoms with van der Waals surface area (Å²) in [5.41, 5.74) is 3.75. The van der Waals surface area contributed by atoms with E-state index in [1.807, 2.05) is 24.3 Å². The number of allylic oxidation sites excluding steroid dienone is 4. The largest absolute Gasteiger partial charge is 0.497 e. The van der Waals surface area contributed by atoms with Crippen LogP contribution in [0.25, 0.3) is 5.57 Å². The third-order valence-corrected chi connectivity index (χ3v) is 7.49. The van der Waals surface area contributed by atoms with Crippen LogP contribution in [0.1, 0.15) is 29.5 Å². The Bertz CT molecular complexity index is 1160. The van der Waals surface area contributed by atoms with Crippen LogP contribution in [0.5, 0.6) is 11.5 Å². The predicted molar refractivity (Wildman–Crippen MR) is 139 cm³/mol. The highest BCUT2D eigenvalue weighted by Gasteiger charge is 2.57. The zero-order valence-electron chi connectivity index (χ0n) is 20.6. The van der Waals surface area contributed by atoms with E-state index in [1.54, 1.807) is 20.3 Å². The molecular formula is C29H33N3O3. The number of ether oxygens (including phenoxy) is 2. The summed E-state index contributed by atoms with van der Waals surface area (Å²) in [5, 5.41) is 4.70. The van der Waals surface area contributed by atoms with Crippen molar-refractivity contribution in [2.24, 2.45) is 11.1 Å². The van der Waals surface area contributed by atoms with Gasteiger partial charge in [-0.2, -0.15) is 0 Å². The van der Waals surface area contributed by atoms with Crippen molar-refractivity contribution in [1.82, 2.24) is 9.80 Å². The zero-order valence-corrected chi connectivity index (χ0v) is 20.6. The Morgan fingerprint density at radius 3 is 2.49 bits per heavy atom. The summed E-state index contributed by atoms with van der Waals surface area (Å²) < 4.78 is 11.1. The molecule has 0 aliphatic carbocycles. The third kappa shape index (κ3) is 4.12. The van der Waals surface area contributed by atoms with Gasteiger partial charge in [-0.15, -0.1) is 0 Å². The number of amidine groups is 1. The Balaban J connectivity index is 1.52. The van der Waals surface area contributed by atoms with Gasteiger partial charge in [-0.05, 0) is 49.2 Å². The van der Waals surface area contributed by atoms with Crippen LogP contribution in [0.15, 0.2) is 79.0 Å². The van der Waals surface area contributed by atoms with E-state index >= 15 is 0 Å². The second-order valence-corrected chi connectivity index (χ2v) is 9.30. The molecule has 4 aliphatic rings. The minimum absolute atomic E-state index is 0.431. The van der Waals surface area contributed by atoms with Gasteiger partial charge in [0.25, 0.3) is 0 Å². The molecule has 35 heavy (non-hydrogen) atoms. The van der Waals surface area contributed by atoms with Gasteiger partial charge in [0.15, 0.2) is 5.84 Å². The molecule has 0 aromatic heterocycles. The van der Waals surface area contributed by atoms with Crippen LogP contribution in [0, 0.1) is 5.92 Å². The molecule has 1 unspecified atom stereocenters. The van der Waals surface area contributed by atoms with Gasteiger partial charge in [-0.3, -0.25) is 4.90 Å². The quantitative estimate of drug-likeness (QED) is 0.503. The van der Waals surface area contributed by atoms with Crippen molar-refractivity contribution in [1.29, 1.82) is 0 Å². The molecule has 0 radical (unpaired) electrons. The fourth-order valence-electron chi connectivity index (χ4n) is 5.59. The van der Waals surface area contributed by atoms with Crippen LogP contribution in [0.4, 0.5) is 0 Å². The maximum absolute atomic E-state index is 6.39. The molecule has 4 heterocycles. The molecule has 0 amide bonds.